The highest BCUT2D eigenvalue weighted by Crippen LogP contribution is 2.37. The molecular formula is C36H32ClN3O7. The minimum Gasteiger partial charge on any atom is -0.488 e. The van der Waals surface area contributed by atoms with Crippen LogP contribution in [0.25, 0.3) is 11.1 Å². The third-order valence-corrected chi connectivity index (χ3v) is 6.91. The maximum Gasteiger partial charge on any atom is 0.305 e. The molecule has 1 heterocycles. The number of aliphatic hydroxyl groups is 1. The molecule has 0 unspecified atom stereocenters. The summed E-state index contributed by atoms with van der Waals surface area (Å²) in [5, 5.41) is 35.2. The minimum absolute atomic E-state index is 0.118. The van der Waals surface area contributed by atoms with Gasteiger partial charge in [-0.15, -0.1) is 12.8 Å². The van der Waals surface area contributed by atoms with E-state index in [0.717, 1.165) is 22.3 Å². The minimum atomic E-state index is -0.961. The standard InChI is InChI=1S/C31H24ClN3O4.C3H6O3.C2H2/c32-27-12-24(16-34)29(38-18-21-4-1-3-20(11-21)15-33)14-30(27)39-19-23-5-2-6-25(26(23)17-35)22-7-8-28-31(13-22)37-10-9-36-28;4-2-1-3(5)6;1-2/h1-8,11-14H,9-10,16,18-19,34H2;4H,1-2H2,(H,5,6);1-2H. The Hall–Kier alpha value is -5.70. The molecule has 10 nitrogen and oxygen atoms in total. The predicted molar refractivity (Wildman–Crippen MR) is 176 cm³/mol. The SMILES string of the molecule is C#C.N#Cc1cccc(COc2cc(OCc3cccc(-c4ccc5c(c4)OCCO5)c3C#N)c(Cl)cc2CN)c1.O=C(O)CCO. The van der Waals surface area contributed by atoms with Crippen molar-refractivity contribution in [1.82, 2.24) is 0 Å². The maximum atomic E-state index is 10.0. The lowest BCUT2D eigenvalue weighted by molar-refractivity contribution is -0.137. The number of rotatable bonds is 10. The summed E-state index contributed by atoms with van der Waals surface area (Å²) in [6.07, 6.45) is 7.85. The molecule has 1 aliphatic rings. The van der Waals surface area contributed by atoms with Crippen LogP contribution in [0.15, 0.2) is 72.8 Å². The fourth-order valence-electron chi connectivity index (χ4n) is 4.43. The zero-order valence-corrected chi connectivity index (χ0v) is 26.1. The Morgan fingerprint density at radius 2 is 1.62 bits per heavy atom. The van der Waals surface area contributed by atoms with E-state index in [4.69, 9.17) is 51.8 Å². The lowest BCUT2D eigenvalue weighted by Gasteiger charge is -2.19. The van der Waals surface area contributed by atoms with Crippen LogP contribution in [0.5, 0.6) is 23.0 Å². The van der Waals surface area contributed by atoms with Gasteiger partial charge in [0.1, 0.15) is 44.0 Å². The summed E-state index contributed by atoms with van der Waals surface area (Å²) >= 11 is 6.51. The number of hydrogen-bond acceptors (Lipinski definition) is 9. The Labute approximate surface area is 278 Å². The van der Waals surface area contributed by atoms with Gasteiger partial charge in [0.25, 0.3) is 0 Å². The number of benzene rings is 4. The Balaban J connectivity index is 0.000000676. The van der Waals surface area contributed by atoms with E-state index in [9.17, 15) is 10.1 Å². The molecule has 0 radical (unpaired) electrons. The number of aliphatic hydroxyl groups excluding tert-OH is 1. The summed E-state index contributed by atoms with van der Waals surface area (Å²) in [6.45, 7) is 1.32. The van der Waals surface area contributed by atoms with Crippen LogP contribution in [0.4, 0.5) is 0 Å². The largest absolute Gasteiger partial charge is 0.488 e. The van der Waals surface area contributed by atoms with E-state index in [1.807, 2.05) is 48.5 Å². The number of carbonyl (C=O) groups is 1. The molecule has 0 saturated heterocycles. The Morgan fingerprint density at radius 1 is 0.894 bits per heavy atom. The average Bonchev–Trinajstić information content (AvgIpc) is 3.11. The molecular weight excluding hydrogens is 622 g/mol. The number of halogens is 1. The first-order valence-electron chi connectivity index (χ1n) is 14.2. The fourth-order valence-corrected chi connectivity index (χ4v) is 4.67. The highest BCUT2D eigenvalue weighted by atomic mass is 35.5. The first-order valence-corrected chi connectivity index (χ1v) is 14.6. The first kappa shape index (κ1) is 35.8. The number of aliphatic carboxylic acids is 1. The maximum absolute atomic E-state index is 10.0. The van der Waals surface area contributed by atoms with Crippen molar-refractivity contribution in [3.8, 4) is 59.1 Å². The predicted octanol–water partition coefficient (Wildman–Crippen LogP) is 5.84. The number of fused-ring (bicyclic) bond motifs is 1. The molecule has 1 aliphatic heterocycles. The number of carboxylic acids is 1. The van der Waals surface area contributed by atoms with Crippen LogP contribution in [0.3, 0.4) is 0 Å². The first-order chi connectivity index (χ1) is 22.9. The number of terminal acetylenes is 1. The van der Waals surface area contributed by atoms with E-state index >= 15 is 0 Å². The van der Waals surface area contributed by atoms with Crippen molar-refractivity contribution in [2.75, 3.05) is 19.8 Å². The number of ether oxygens (including phenoxy) is 4. The number of nitriles is 2. The zero-order valence-electron chi connectivity index (χ0n) is 25.3. The van der Waals surface area contributed by atoms with E-state index in [1.165, 1.54) is 0 Å². The molecule has 240 valence electrons. The van der Waals surface area contributed by atoms with Gasteiger partial charge in [0, 0.05) is 23.7 Å². The Bertz CT molecular complexity index is 1790. The monoisotopic (exact) mass is 653 g/mol. The van der Waals surface area contributed by atoms with Crippen LogP contribution in [-0.2, 0) is 24.6 Å². The molecule has 0 saturated carbocycles. The third kappa shape index (κ3) is 9.89. The van der Waals surface area contributed by atoms with Gasteiger partial charge in [-0.1, -0.05) is 48.0 Å². The van der Waals surface area contributed by atoms with Crippen molar-refractivity contribution in [2.45, 2.75) is 26.2 Å². The van der Waals surface area contributed by atoms with Crippen molar-refractivity contribution in [2.24, 2.45) is 5.73 Å². The summed E-state index contributed by atoms with van der Waals surface area (Å²) in [5.41, 5.74) is 10.9. The molecule has 0 aromatic heterocycles. The van der Waals surface area contributed by atoms with E-state index in [-0.39, 0.29) is 32.8 Å². The fraction of sp³-hybridized carbons (Fsp3) is 0.194. The summed E-state index contributed by atoms with van der Waals surface area (Å²) in [4.78, 5) is 9.44. The molecule has 5 rings (SSSR count). The lowest BCUT2D eigenvalue weighted by atomic mass is 9.96. The Kier molecular flexibility index (Phi) is 13.9. The number of carboxylic acid groups (broad SMARTS) is 1. The van der Waals surface area contributed by atoms with Crippen molar-refractivity contribution in [1.29, 1.82) is 10.5 Å². The van der Waals surface area contributed by atoms with Crippen LogP contribution >= 0.6 is 11.6 Å². The quantitative estimate of drug-likeness (QED) is 0.177. The topological polar surface area (TPSA) is 168 Å². The van der Waals surface area contributed by atoms with Crippen LogP contribution < -0.4 is 24.7 Å². The summed E-state index contributed by atoms with van der Waals surface area (Å²) in [5.74, 6) is 1.32. The number of nitrogens with two attached hydrogens (primary N) is 1. The van der Waals surface area contributed by atoms with Gasteiger partial charge in [0.2, 0.25) is 0 Å². The molecule has 0 aliphatic carbocycles. The van der Waals surface area contributed by atoms with E-state index in [0.29, 0.717) is 57.9 Å². The molecule has 0 fully saturated rings. The number of hydrogen-bond donors (Lipinski definition) is 3. The van der Waals surface area contributed by atoms with E-state index in [1.54, 1.807) is 24.3 Å². The van der Waals surface area contributed by atoms with Crippen LogP contribution in [0, 0.1) is 35.5 Å². The van der Waals surface area contributed by atoms with Gasteiger partial charge >= 0.3 is 5.97 Å². The molecule has 4 aromatic rings. The summed E-state index contributed by atoms with van der Waals surface area (Å²) in [7, 11) is 0. The lowest BCUT2D eigenvalue weighted by Crippen LogP contribution is -2.15. The summed E-state index contributed by atoms with van der Waals surface area (Å²) in [6, 6.07) is 26.3. The molecule has 0 amide bonds. The van der Waals surface area contributed by atoms with Crippen molar-refractivity contribution in [3.63, 3.8) is 0 Å². The summed E-state index contributed by atoms with van der Waals surface area (Å²) < 4.78 is 23.4. The van der Waals surface area contributed by atoms with E-state index in [2.05, 4.69) is 25.0 Å². The third-order valence-electron chi connectivity index (χ3n) is 6.61. The molecule has 11 heteroatoms. The van der Waals surface area contributed by atoms with Gasteiger partial charge in [0.05, 0.1) is 35.2 Å². The highest BCUT2D eigenvalue weighted by Gasteiger charge is 2.17. The van der Waals surface area contributed by atoms with Crippen LogP contribution in [-0.4, -0.2) is 36.0 Å². The molecule has 4 N–H and O–H groups in total. The number of nitrogens with zero attached hydrogens (tertiary/aromatic N) is 2. The van der Waals surface area contributed by atoms with Gasteiger partial charge in [-0.05, 0) is 47.0 Å². The van der Waals surface area contributed by atoms with Crippen LogP contribution in [0.1, 0.15) is 34.2 Å². The molecule has 0 atom stereocenters. The molecule has 0 bridgehead atoms. The van der Waals surface area contributed by atoms with Gasteiger partial charge in [-0.25, -0.2) is 0 Å². The second kappa shape index (κ2) is 18.3. The normalized spacial score (nSPS) is 10.9. The van der Waals surface area contributed by atoms with E-state index < -0.39 is 5.97 Å². The van der Waals surface area contributed by atoms with Gasteiger partial charge in [-0.2, -0.15) is 10.5 Å². The molecule has 47 heavy (non-hydrogen) atoms. The average molecular weight is 654 g/mol. The van der Waals surface area contributed by atoms with Crippen molar-refractivity contribution >= 4 is 17.6 Å². The van der Waals surface area contributed by atoms with Gasteiger partial charge < -0.3 is 34.9 Å². The smallest absolute Gasteiger partial charge is 0.305 e. The Morgan fingerprint density at radius 3 is 2.28 bits per heavy atom. The second-order valence-corrected chi connectivity index (χ2v) is 10.1. The highest BCUT2D eigenvalue weighted by molar-refractivity contribution is 6.32. The molecule has 4 aromatic carbocycles. The van der Waals surface area contributed by atoms with Gasteiger partial charge in [-0.3, -0.25) is 4.79 Å². The second-order valence-electron chi connectivity index (χ2n) is 9.66. The van der Waals surface area contributed by atoms with Crippen molar-refractivity contribution in [3.05, 3.63) is 106 Å². The zero-order chi connectivity index (χ0) is 34.2. The molecule has 0 spiro atoms. The van der Waals surface area contributed by atoms with Crippen LogP contribution in [0.2, 0.25) is 5.02 Å². The van der Waals surface area contributed by atoms with Crippen molar-refractivity contribution < 1.29 is 34.0 Å². The van der Waals surface area contributed by atoms with Gasteiger partial charge in [0.15, 0.2) is 11.5 Å².